The highest BCUT2D eigenvalue weighted by Crippen LogP contribution is 2.32. The molecule has 0 aliphatic carbocycles. The number of halogens is 6. The second-order valence-corrected chi connectivity index (χ2v) is 10.0. The Morgan fingerprint density at radius 2 is 1.71 bits per heavy atom. The highest BCUT2D eigenvalue weighted by atomic mass is 19.4. The first kappa shape index (κ1) is 29.7. The summed E-state index contributed by atoms with van der Waals surface area (Å²) in [6, 6.07) is 0.881. The van der Waals surface area contributed by atoms with E-state index in [1.807, 2.05) is 0 Å². The van der Waals surface area contributed by atoms with Crippen LogP contribution in [0.25, 0.3) is 22.2 Å². The maximum atomic E-state index is 15.0. The Balaban J connectivity index is 1.56. The number of aromatic amines is 1. The van der Waals surface area contributed by atoms with E-state index in [1.165, 1.54) is 33.2 Å². The van der Waals surface area contributed by atoms with Gasteiger partial charge >= 0.3 is 6.18 Å². The summed E-state index contributed by atoms with van der Waals surface area (Å²) in [5.74, 6) is -2.02. The van der Waals surface area contributed by atoms with Crippen LogP contribution in [0.5, 0.6) is 0 Å². The summed E-state index contributed by atoms with van der Waals surface area (Å²) < 4.78 is 85.4. The molecule has 15 heteroatoms. The molecule has 0 aliphatic rings. The molecule has 0 spiro atoms. The molecule has 0 aliphatic heterocycles. The molecule has 0 bridgehead atoms. The van der Waals surface area contributed by atoms with Gasteiger partial charge in [0.25, 0.3) is 11.1 Å². The van der Waals surface area contributed by atoms with E-state index < -0.39 is 71.0 Å². The standard InChI is InChI=1S/C26H24F6N6O3/c1-12(36-20-9-35-37-23(39)21(20)26(30,31)32)4-14(27)10-38-11-19(29)15-5-17(18(28)6-16(15)24(38)40)22-33-7-13(8-34-22)25(2,3)41/h5-9,11-12,14,41H,4,10H2,1-3H3,(H2,36,37,39)/t12-,14-/m1/s1. The molecular formula is C26H24F6N6O3. The normalized spacial score (nSPS) is 13.8. The monoisotopic (exact) mass is 582 g/mol. The Morgan fingerprint density at radius 3 is 2.32 bits per heavy atom. The van der Waals surface area contributed by atoms with Crippen LogP contribution >= 0.6 is 0 Å². The minimum absolute atomic E-state index is 0.115. The van der Waals surface area contributed by atoms with Crippen molar-refractivity contribution in [3.63, 3.8) is 0 Å². The number of fused-ring (bicyclic) bond motifs is 1. The lowest BCUT2D eigenvalue weighted by Crippen LogP contribution is -2.30. The number of aliphatic hydroxyl groups is 1. The van der Waals surface area contributed by atoms with Gasteiger partial charge in [-0.05, 0) is 32.9 Å². The Morgan fingerprint density at radius 1 is 1.05 bits per heavy atom. The van der Waals surface area contributed by atoms with Gasteiger partial charge in [-0.2, -0.15) is 18.3 Å². The third-order valence-electron chi connectivity index (χ3n) is 6.27. The fourth-order valence-corrected chi connectivity index (χ4v) is 4.24. The van der Waals surface area contributed by atoms with Crippen LogP contribution in [0.3, 0.4) is 0 Å². The van der Waals surface area contributed by atoms with Crippen LogP contribution in [-0.4, -0.2) is 42.1 Å². The quantitative estimate of drug-likeness (QED) is 0.265. The molecule has 0 saturated heterocycles. The summed E-state index contributed by atoms with van der Waals surface area (Å²) in [7, 11) is 0. The van der Waals surface area contributed by atoms with Gasteiger partial charge in [-0.15, -0.1) is 0 Å². The molecule has 0 unspecified atom stereocenters. The van der Waals surface area contributed by atoms with Gasteiger partial charge in [0.15, 0.2) is 5.82 Å². The topological polar surface area (TPSA) is 126 Å². The molecule has 2 atom stereocenters. The zero-order valence-electron chi connectivity index (χ0n) is 21.9. The zero-order valence-corrected chi connectivity index (χ0v) is 21.9. The smallest absolute Gasteiger partial charge is 0.386 e. The summed E-state index contributed by atoms with van der Waals surface area (Å²) >= 11 is 0. The van der Waals surface area contributed by atoms with Crippen molar-refractivity contribution >= 4 is 16.5 Å². The molecule has 0 fully saturated rings. The maximum absolute atomic E-state index is 15.0. The van der Waals surface area contributed by atoms with Crippen LogP contribution in [0, 0.1) is 11.6 Å². The Bertz CT molecular complexity index is 1700. The lowest BCUT2D eigenvalue weighted by molar-refractivity contribution is -0.138. The summed E-state index contributed by atoms with van der Waals surface area (Å²) in [5, 5.41) is 16.8. The average Bonchev–Trinajstić information content (AvgIpc) is 2.85. The van der Waals surface area contributed by atoms with E-state index in [0.29, 0.717) is 10.1 Å². The van der Waals surface area contributed by atoms with Gasteiger partial charge in [0, 0.05) is 42.0 Å². The lowest BCUT2D eigenvalue weighted by Gasteiger charge is -2.20. The van der Waals surface area contributed by atoms with E-state index >= 15 is 4.39 Å². The van der Waals surface area contributed by atoms with Crippen molar-refractivity contribution in [2.45, 2.75) is 57.7 Å². The molecule has 4 rings (SSSR count). The molecule has 0 amide bonds. The van der Waals surface area contributed by atoms with Crippen LogP contribution in [-0.2, 0) is 18.3 Å². The number of benzene rings is 1. The van der Waals surface area contributed by atoms with E-state index in [-0.39, 0.29) is 22.2 Å². The third kappa shape index (κ3) is 6.39. The highest BCUT2D eigenvalue weighted by molar-refractivity contribution is 5.86. The second kappa shape index (κ2) is 11.0. The van der Waals surface area contributed by atoms with Crippen molar-refractivity contribution in [3.8, 4) is 11.4 Å². The summed E-state index contributed by atoms with van der Waals surface area (Å²) in [5.41, 5.74) is -5.64. The highest BCUT2D eigenvalue weighted by Gasteiger charge is 2.37. The van der Waals surface area contributed by atoms with Crippen molar-refractivity contribution in [2.75, 3.05) is 5.32 Å². The molecule has 3 N–H and O–H groups in total. The van der Waals surface area contributed by atoms with Crippen molar-refractivity contribution in [3.05, 3.63) is 80.4 Å². The molecule has 3 aromatic heterocycles. The molecule has 4 aromatic rings. The molecule has 1 aromatic carbocycles. The number of rotatable bonds is 8. The fraction of sp³-hybridized carbons (Fsp3) is 0.346. The largest absolute Gasteiger partial charge is 0.423 e. The van der Waals surface area contributed by atoms with Gasteiger partial charge in [0.05, 0.1) is 35.0 Å². The second-order valence-electron chi connectivity index (χ2n) is 10.0. The SMILES string of the molecule is C[C@H](C[C@@H](F)Cn1cc(F)c2cc(-c3ncc(C(C)(C)O)cn3)c(F)cc2c1=O)Nc1cn[nH]c(=O)c1C(F)(F)F. The van der Waals surface area contributed by atoms with Crippen LogP contribution in [0.4, 0.5) is 32.0 Å². The van der Waals surface area contributed by atoms with Crippen LogP contribution in [0.15, 0.2) is 46.5 Å². The summed E-state index contributed by atoms with van der Waals surface area (Å²) in [6.45, 7) is 3.69. The zero-order chi connectivity index (χ0) is 30.3. The Hall–Kier alpha value is -4.27. The number of pyridine rings is 1. The van der Waals surface area contributed by atoms with E-state index in [9.17, 15) is 36.6 Å². The number of hydrogen-bond donors (Lipinski definition) is 3. The molecule has 218 valence electrons. The van der Waals surface area contributed by atoms with E-state index in [0.717, 1.165) is 24.5 Å². The number of alkyl halides is 4. The minimum atomic E-state index is -5.00. The fourth-order valence-electron chi connectivity index (χ4n) is 4.24. The van der Waals surface area contributed by atoms with Crippen molar-refractivity contribution in [2.24, 2.45) is 0 Å². The van der Waals surface area contributed by atoms with Crippen molar-refractivity contribution in [1.29, 1.82) is 0 Å². The first-order valence-electron chi connectivity index (χ1n) is 12.2. The van der Waals surface area contributed by atoms with Gasteiger partial charge in [-0.25, -0.2) is 28.2 Å². The number of aromatic nitrogens is 5. The third-order valence-corrected chi connectivity index (χ3v) is 6.27. The van der Waals surface area contributed by atoms with E-state index in [4.69, 9.17) is 0 Å². The lowest BCUT2D eigenvalue weighted by atomic mass is 10.0. The van der Waals surface area contributed by atoms with E-state index in [2.05, 4.69) is 20.4 Å². The summed E-state index contributed by atoms with van der Waals surface area (Å²) in [6.07, 6.45) is -3.21. The maximum Gasteiger partial charge on any atom is 0.423 e. The predicted molar refractivity (Wildman–Crippen MR) is 137 cm³/mol. The van der Waals surface area contributed by atoms with Crippen molar-refractivity contribution in [1.82, 2.24) is 24.7 Å². The van der Waals surface area contributed by atoms with Gasteiger partial charge in [0.1, 0.15) is 23.4 Å². The molecule has 0 saturated carbocycles. The summed E-state index contributed by atoms with van der Waals surface area (Å²) in [4.78, 5) is 32.6. The van der Waals surface area contributed by atoms with Crippen molar-refractivity contribution < 1.29 is 31.4 Å². The Labute approximate surface area is 227 Å². The van der Waals surface area contributed by atoms with E-state index in [1.54, 1.807) is 5.10 Å². The van der Waals surface area contributed by atoms with Gasteiger partial charge < -0.3 is 15.0 Å². The number of H-pyrrole nitrogens is 1. The van der Waals surface area contributed by atoms with Gasteiger partial charge in [0.2, 0.25) is 0 Å². The predicted octanol–water partition coefficient (Wildman–Crippen LogP) is 4.30. The van der Waals surface area contributed by atoms with Crippen LogP contribution < -0.4 is 16.4 Å². The first-order chi connectivity index (χ1) is 19.1. The molecular weight excluding hydrogens is 558 g/mol. The van der Waals surface area contributed by atoms with Gasteiger partial charge in [-0.1, -0.05) is 0 Å². The van der Waals surface area contributed by atoms with Crippen LogP contribution in [0.1, 0.15) is 38.3 Å². The first-order valence-corrected chi connectivity index (χ1v) is 12.2. The minimum Gasteiger partial charge on any atom is -0.386 e. The van der Waals surface area contributed by atoms with Gasteiger partial charge in [-0.3, -0.25) is 9.59 Å². The molecule has 9 nitrogen and oxygen atoms in total. The molecule has 41 heavy (non-hydrogen) atoms. The molecule has 0 radical (unpaired) electrons. The number of nitrogens with zero attached hydrogens (tertiary/aromatic N) is 4. The number of anilines is 1. The average molecular weight is 583 g/mol. The molecule has 3 heterocycles. The number of hydrogen-bond acceptors (Lipinski definition) is 7. The van der Waals surface area contributed by atoms with Crippen LogP contribution in [0.2, 0.25) is 0 Å². The Kier molecular flexibility index (Phi) is 7.94. The number of nitrogens with one attached hydrogen (secondary N) is 2.